The van der Waals surface area contributed by atoms with Gasteiger partial charge in [-0.05, 0) is 60.2 Å². The Kier molecular flexibility index (Phi) is 7.48. The van der Waals surface area contributed by atoms with E-state index in [0.29, 0.717) is 39.8 Å². The molecule has 3 aromatic carbocycles. The average Bonchev–Trinajstić information content (AvgIpc) is 2.82. The van der Waals surface area contributed by atoms with Crippen LogP contribution in [0, 0.1) is 0 Å². The maximum Gasteiger partial charge on any atom is 0.417 e. The second-order valence-corrected chi connectivity index (χ2v) is 6.56. The van der Waals surface area contributed by atoms with Crippen molar-refractivity contribution in [2.75, 3.05) is 26.6 Å². The minimum absolute atomic E-state index is 0.209. The molecular weight excluding hydrogens is 410 g/mol. The molecule has 0 saturated carbocycles. The molecule has 164 valence electrons. The van der Waals surface area contributed by atoms with Crippen LogP contribution in [-0.2, 0) is 0 Å². The summed E-state index contributed by atoms with van der Waals surface area (Å²) in [6.07, 6.45) is 2.49. The van der Waals surface area contributed by atoms with Crippen molar-refractivity contribution in [1.82, 2.24) is 0 Å². The monoisotopic (exact) mass is 433 g/mol. The summed E-state index contributed by atoms with van der Waals surface area (Å²) in [5.74, 6) is 1.58. The number of anilines is 1. The van der Waals surface area contributed by atoms with E-state index < -0.39 is 6.09 Å². The quantitative estimate of drug-likeness (QED) is 0.387. The fourth-order valence-corrected chi connectivity index (χ4v) is 2.92. The van der Waals surface area contributed by atoms with Crippen molar-refractivity contribution in [3.8, 4) is 23.0 Å². The number of para-hydroxylation sites is 1. The van der Waals surface area contributed by atoms with Crippen LogP contribution >= 0.6 is 0 Å². The van der Waals surface area contributed by atoms with Gasteiger partial charge in [0.2, 0.25) is 5.75 Å². The number of methoxy groups -OCH3 is 3. The largest absolute Gasteiger partial charge is 0.493 e. The Hall–Kier alpha value is -4.26. The molecule has 0 heterocycles. The Morgan fingerprint density at radius 1 is 0.812 bits per heavy atom. The van der Waals surface area contributed by atoms with E-state index in [9.17, 15) is 9.59 Å². The maximum absolute atomic E-state index is 12.5. The molecule has 7 heteroatoms. The fourth-order valence-electron chi connectivity index (χ4n) is 2.92. The van der Waals surface area contributed by atoms with Crippen LogP contribution in [-0.4, -0.2) is 33.2 Å². The molecule has 0 aromatic heterocycles. The van der Waals surface area contributed by atoms with Gasteiger partial charge < -0.3 is 18.9 Å². The Bertz CT molecular complexity index is 1080. The summed E-state index contributed by atoms with van der Waals surface area (Å²) in [6.45, 7) is 0. The maximum atomic E-state index is 12.5. The Balaban J connectivity index is 1.66. The number of ether oxygens (including phenoxy) is 4. The van der Waals surface area contributed by atoms with Gasteiger partial charge in [-0.1, -0.05) is 24.3 Å². The van der Waals surface area contributed by atoms with Crippen LogP contribution in [0.4, 0.5) is 10.5 Å². The van der Waals surface area contributed by atoms with Gasteiger partial charge >= 0.3 is 6.09 Å². The second kappa shape index (κ2) is 10.7. The van der Waals surface area contributed by atoms with Gasteiger partial charge in [-0.2, -0.15) is 0 Å². The summed E-state index contributed by atoms with van der Waals surface area (Å²) in [6, 6.07) is 18.8. The zero-order valence-corrected chi connectivity index (χ0v) is 18.0. The number of carbonyl (C=O) groups excluding carboxylic acids is 2. The zero-order chi connectivity index (χ0) is 22.9. The summed E-state index contributed by atoms with van der Waals surface area (Å²) in [4.78, 5) is 24.5. The lowest BCUT2D eigenvalue weighted by atomic mass is 10.1. The first-order chi connectivity index (χ1) is 15.5. The topological polar surface area (TPSA) is 83.1 Å². The summed E-state index contributed by atoms with van der Waals surface area (Å²) in [7, 11) is 4.58. The minimum Gasteiger partial charge on any atom is -0.493 e. The van der Waals surface area contributed by atoms with E-state index in [0.717, 1.165) is 0 Å². The lowest BCUT2D eigenvalue weighted by Gasteiger charge is -2.12. The minimum atomic E-state index is -0.613. The van der Waals surface area contributed by atoms with Gasteiger partial charge in [-0.3, -0.25) is 10.1 Å². The van der Waals surface area contributed by atoms with E-state index >= 15 is 0 Å². The molecule has 3 aromatic rings. The normalized spacial score (nSPS) is 10.5. The van der Waals surface area contributed by atoms with Crippen molar-refractivity contribution in [3.63, 3.8) is 0 Å². The number of nitrogens with one attached hydrogen (secondary N) is 1. The zero-order valence-electron chi connectivity index (χ0n) is 18.0. The molecule has 0 aliphatic carbocycles. The number of allylic oxidation sites excluding steroid dienone is 1. The number of rotatable bonds is 8. The molecule has 3 rings (SSSR count). The van der Waals surface area contributed by atoms with E-state index in [1.165, 1.54) is 27.4 Å². The van der Waals surface area contributed by atoms with Crippen LogP contribution in [0.25, 0.3) is 6.08 Å². The highest BCUT2D eigenvalue weighted by atomic mass is 16.6. The number of amides is 1. The van der Waals surface area contributed by atoms with Crippen molar-refractivity contribution < 1.29 is 28.5 Å². The van der Waals surface area contributed by atoms with Crippen LogP contribution in [0.1, 0.15) is 15.9 Å². The predicted molar refractivity (Wildman–Crippen MR) is 122 cm³/mol. The van der Waals surface area contributed by atoms with Gasteiger partial charge in [0.15, 0.2) is 17.3 Å². The van der Waals surface area contributed by atoms with Gasteiger partial charge in [-0.25, -0.2) is 4.79 Å². The van der Waals surface area contributed by atoms with Gasteiger partial charge in [0.25, 0.3) is 0 Å². The fraction of sp³-hybridized carbons (Fsp3) is 0.120. The van der Waals surface area contributed by atoms with Crippen LogP contribution < -0.4 is 24.3 Å². The number of hydrogen-bond acceptors (Lipinski definition) is 6. The summed E-state index contributed by atoms with van der Waals surface area (Å²) in [5, 5.41) is 2.62. The van der Waals surface area contributed by atoms with Crippen LogP contribution in [0.5, 0.6) is 23.0 Å². The van der Waals surface area contributed by atoms with E-state index in [2.05, 4.69) is 5.32 Å². The summed E-state index contributed by atoms with van der Waals surface area (Å²) >= 11 is 0. The van der Waals surface area contributed by atoms with Gasteiger partial charge in [0.1, 0.15) is 5.75 Å². The van der Waals surface area contributed by atoms with Crippen molar-refractivity contribution in [2.24, 2.45) is 0 Å². The number of hydrogen-bond donors (Lipinski definition) is 1. The SMILES string of the molecule is COc1cc(/C=C/C(=O)c2ccc(OC(=O)Nc3ccccc3)cc2)cc(OC)c1OC. The molecule has 0 unspecified atom stereocenters. The molecule has 0 aliphatic heterocycles. The molecule has 0 bridgehead atoms. The molecule has 0 radical (unpaired) electrons. The van der Waals surface area contributed by atoms with Crippen molar-refractivity contribution in [3.05, 3.63) is 83.9 Å². The van der Waals surface area contributed by atoms with Crippen molar-refractivity contribution in [2.45, 2.75) is 0 Å². The number of carbonyl (C=O) groups is 2. The number of benzene rings is 3. The highest BCUT2D eigenvalue weighted by Crippen LogP contribution is 2.38. The second-order valence-electron chi connectivity index (χ2n) is 6.56. The average molecular weight is 433 g/mol. The number of ketones is 1. The Labute approximate surface area is 186 Å². The smallest absolute Gasteiger partial charge is 0.417 e. The highest BCUT2D eigenvalue weighted by molar-refractivity contribution is 6.07. The third-order valence-electron chi connectivity index (χ3n) is 4.48. The van der Waals surface area contributed by atoms with E-state index in [1.807, 2.05) is 18.2 Å². The van der Waals surface area contributed by atoms with Crippen LogP contribution in [0.15, 0.2) is 72.8 Å². The lowest BCUT2D eigenvalue weighted by Crippen LogP contribution is -2.16. The Morgan fingerprint density at radius 3 is 2.00 bits per heavy atom. The van der Waals surface area contributed by atoms with E-state index in [1.54, 1.807) is 54.6 Å². The lowest BCUT2D eigenvalue weighted by molar-refractivity contribution is 0.104. The summed E-state index contributed by atoms with van der Waals surface area (Å²) < 4.78 is 21.2. The molecule has 7 nitrogen and oxygen atoms in total. The van der Waals surface area contributed by atoms with Gasteiger partial charge in [0, 0.05) is 11.3 Å². The molecule has 0 saturated heterocycles. The molecule has 0 spiro atoms. The van der Waals surface area contributed by atoms with Gasteiger partial charge in [0.05, 0.1) is 21.3 Å². The van der Waals surface area contributed by atoms with Crippen LogP contribution in [0.2, 0.25) is 0 Å². The van der Waals surface area contributed by atoms with Crippen molar-refractivity contribution >= 4 is 23.6 Å². The third-order valence-corrected chi connectivity index (χ3v) is 4.48. The molecule has 0 aliphatic rings. The standard InChI is InChI=1S/C25H23NO6/c1-29-22-15-17(16-23(30-2)24(22)31-3)9-14-21(27)18-10-12-20(13-11-18)32-25(28)26-19-7-5-4-6-8-19/h4-16H,1-3H3,(H,26,28)/b14-9+. The van der Waals surface area contributed by atoms with Crippen molar-refractivity contribution in [1.29, 1.82) is 0 Å². The first-order valence-corrected chi connectivity index (χ1v) is 9.70. The first-order valence-electron chi connectivity index (χ1n) is 9.70. The molecule has 0 atom stereocenters. The van der Waals surface area contributed by atoms with E-state index in [4.69, 9.17) is 18.9 Å². The molecule has 1 amide bonds. The van der Waals surface area contributed by atoms with E-state index in [-0.39, 0.29) is 5.78 Å². The molecule has 32 heavy (non-hydrogen) atoms. The van der Waals surface area contributed by atoms with Crippen LogP contribution in [0.3, 0.4) is 0 Å². The highest BCUT2D eigenvalue weighted by Gasteiger charge is 2.12. The van der Waals surface area contributed by atoms with Gasteiger partial charge in [-0.15, -0.1) is 0 Å². The molecule has 0 fully saturated rings. The molecular formula is C25H23NO6. The summed E-state index contributed by atoms with van der Waals surface area (Å²) in [5.41, 5.74) is 1.79. The molecule has 1 N–H and O–H groups in total. The third kappa shape index (κ3) is 5.66. The Morgan fingerprint density at radius 2 is 1.44 bits per heavy atom. The first kappa shape index (κ1) is 22.4. The predicted octanol–water partition coefficient (Wildman–Crippen LogP) is 5.22.